The number of benzene rings is 2. The van der Waals surface area contributed by atoms with Crippen LogP contribution in [0.2, 0.25) is 0 Å². The molecule has 1 N–H and O–H groups in total. The number of fused-ring (bicyclic) bond motifs is 1. The van der Waals surface area contributed by atoms with Crippen LogP contribution in [-0.4, -0.2) is 28.3 Å². The largest absolute Gasteiger partial charge is 0.483 e. The normalized spacial score (nSPS) is 14.1. The van der Waals surface area contributed by atoms with E-state index in [1.54, 1.807) is 18.2 Å². The average Bonchev–Trinajstić information content (AvgIpc) is 3.28. The van der Waals surface area contributed by atoms with Gasteiger partial charge in [-0.1, -0.05) is 47.4 Å². The van der Waals surface area contributed by atoms with Crippen LogP contribution >= 0.6 is 23.1 Å². The van der Waals surface area contributed by atoms with E-state index in [1.165, 1.54) is 35.2 Å². The topological polar surface area (TPSA) is 73.3 Å². The Hall–Kier alpha value is -2.65. The summed E-state index contributed by atoms with van der Waals surface area (Å²) in [5, 5.41) is 11.2. The summed E-state index contributed by atoms with van der Waals surface area (Å²) in [7, 11) is 0. The predicted octanol–water partition coefficient (Wildman–Crippen LogP) is 4.70. The first-order valence-electron chi connectivity index (χ1n) is 9.32. The molecular formula is C21H20FN3O3S2. The molecule has 9 heteroatoms. The van der Waals surface area contributed by atoms with Crippen LogP contribution in [0, 0.1) is 5.82 Å². The Morgan fingerprint density at radius 3 is 2.87 bits per heavy atom. The summed E-state index contributed by atoms with van der Waals surface area (Å²) >= 11 is 2.75. The molecule has 0 spiro atoms. The van der Waals surface area contributed by atoms with E-state index < -0.39 is 0 Å². The van der Waals surface area contributed by atoms with E-state index in [9.17, 15) is 9.18 Å². The van der Waals surface area contributed by atoms with E-state index in [1.807, 2.05) is 26.0 Å². The smallest absolute Gasteiger partial charge is 0.264 e. The van der Waals surface area contributed by atoms with Gasteiger partial charge in [0.25, 0.3) is 5.91 Å². The fraction of sp³-hybridized carbons (Fsp3) is 0.286. The van der Waals surface area contributed by atoms with Gasteiger partial charge in [0.1, 0.15) is 11.4 Å². The monoisotopic (exact) mass is 445 g/mol. The second-order valence-electron chi connectivity index (χ2n) is 7.41. The van der Waals surface area contributed by atoms with Gasteiger partial charge in [-0.25, -0.2) is 4.39 Å². The molecular weight excluding hydrogens is 425 g/mol. The molecule has 0 bridgehead atoms. The zero-order chi connectivity index (χ0) is 21.1. The van der Waals surface area contributed by atoms with Crippen LogP contribution in [0.3, 0.4) is 0 Å². The number of amides is 1. The van der Waals surface area contributed by atoms with Crippen molar-refractivity contribution in [2.75, 3.05) is 11.9 Å². The number of hydrogen-bond donors (Lipinski definition) is 1. The quantitative estimate of drug-likeness (QED) is 0.420. The molecule has 0 radical (unpaired) electrons. The van der Waals surface area contributed by atoms with Crippen LogP contribution in [0.25, 0.3) is 0 Å². The lowest BCUT2D eigenvalue weighted by Gasteiger charge is -2.18. The molecule has 2 aromatic carbocycles. The zero-order valence-corrected chi connectivity index (χ0v) is 18.1. The van der Waals surface area contributed by atoms with E-state index in [2.05, 4.69) is 15.5 Å². The lowest BCUT2D eigenvalue weighted by atomic mass is 10.0. The SMILES string of the molecule is CC1(C)Cc2cccc(OCC(=O)Nc3nnc(SCc4ccc(F)cc4)s3)c2O1. The average molecular weight is 446 g/mol. The van der Waals surface area contributed by atoms with Crippen molar-refractivity contribution in [1.82, 2.24) is 10.2 Å². The number of nitrogens with zero attached hydrogens (tertiary/aromatic N) is 2. The highest BCUT2D eigenvalue weighted by Crippen LogP contribution is 2.41. The standard InChI is InChI=1S/C21H20FN3O3S2/c1-21(2)10-14-4-3-5-16(18(14)28-21)27-11-17(26)23-19-24-25-20(30-19)29-12-13-6-8-15(22)9-7-13/h3-9H,10-12H2,1-2H3,(H,23,24,26). The Bertz CT molecular complexity index is 1050. The van der Waals surface area contributed by atoms with Crippen molar-refractivity contribution < 1.29 is 18.7 Å². The number of anilines is 1. The molecule has 1 aromatic heterocycles. The summed E-state index contributed by atoms with van der Waals surface area (Å²) in [6.45, 7) is 3.88. The van der Waals surface area contributed by atoms with Gasteiger partial charge in [-0.2, -0.15) is 0 Å². The van der Waals surface area contributed by atoms with E-state index in [-0.39, 0.29) is 23.9 Å². The third kappa shape index (κ3) is 5.09. The van der Waals surface area contributed by atoms with Crippen LogP contribution < -0.4 is 14.8 Å². The van der Waals surface area contributed by atoms with E-state index in [4.69, 9.17) is 9.47 Å². The minimum absolute atomic E-state index is 0.155. The first-order valence-corrected chi connectivity index (χ1v) is 11.1. The molecule has 0 aliphatic carbocycles. The number of halogens is 1. The van der Waals surface area contributed by atoms with Crippen LogP contribution in [-0.2, 0) is 17.0 Å². The van der Waals surface area contributed by atoms with Gasteiger partial charge >= 0.3 is 0 Å². The van der Waals surface area contributed by atoms with Crippen LogP contribution in [0.15, 0.2) is 46.8 Å². The van der Waals surface area contributed by atoms with Gasteiger partial charge in [0.15, 0.2) is 22.4 Å². The second kappa shape index (κ2) is 8.61. The molecule has 0 saturated heterocycles. The number of nitrogens with one attached hydrogen (secondary N) is 1. The van der Waals surface area contributed by atoms with Crippen molar-refractivity contribution >= 4 is 34.1 Å². The first kappa shape index (κ1) is 20.6. The van der Waals surface area contributed by atoms with Gasteiger partial charge in [-0.15, -0.1) is 10.2 Å². The zero-order valence-electron chi connectivity index (χ0n) is 16.5. The number of para-hydroxylation sites is 1. The third-order valence-corrected chi connectivity index (χ3v) is 6.39. The number of rotatable bonds is 7. The Kier molecular flexibility index (Phi) is 5.92. The molecule has 1 amide bonds. The highest BCUT2D eigenvalue weighted by Gasteiger charge is 2.32. The number of carbonyl (C=O) groups excluding carboxylic acids is 1. The third-order valence-electron chi connectivity index (χ3n) is 4.34. The number of aromatic nitrogens is 2. The van der Waals surface area contributed by atoms with Gasteiger partial charge in [-0.3, -0.25) is 10.1 Å². The maximum absolute atomic E-state index is 13.0. The van der Waals surface area contributed by atoms with Gasteiger partial charge in [0, 0.05) is 17.7 Å². The summed E-state index contributed by atoms with van der Waals surface area (Å²) in [6.07, 6.45) is 0.800. The van der Waals surface area contributed by atoms with E-state index in [0.717, 1.165) is 17.5 Å². The van der Waals surface area contributed by atoms with Gasteiger partial charge in [0.05, 0.1) is 0 Å². The molecule has 30 heavy (non-hydrogen) atoms. The van der Waals surface area contributed by atoms with Crippen molar-refractivity contribution in [3.8, 4) is 11.5 Å². The molecule has 4 rings (SSSR count). The molecule has 0 atom stereocenters. The van der Waals surface area contributed by atoms with E-state index in [0.29, 0.717) is 26.7 Å². The van der Waals surface area contributed by atoms with Crippen molar-refractivity contribution in [2.45, 2.75) is 36.0 Å². The maximum Gasteiger partial charge on any atom is 0.264 e. The second-order valence-corrected chi connectivity index (χ2v) is 9.61. The molecule has 0 saturated carbocycles. The molecule has 6 nitrogen and oxygen atoms in total. The number of hydrogen-bond acceptors (Lipinski definition) is 7. The molecule has 0 unspecified atom stereocenters. The summed E-state index contributed by atoms with van der Waals surface area (Å²) in [4.78, 5) is 12.3. The summed E-state index contributed by atoms with van der Waals surface area (Å²) < 4.78 is 25.3. The molecule has 3 aromatic rings. The van der Waals surface area contributed by atoms with Crippen molar-refractivity contribution in [1.29, 1.82) is 0 Å². The Morgan fingerprint density at radius 1 is 1.27 bits per heavy atom. The molecule has 1 aliphatic rings. The summed E-state index contributed by atoms with van der Waals surface area (Å²) in [5.74, 6) is 1.31. The Morgan fingerprint density at radius 2 is 2.07 bits per heavy atom. The van der Waals surface area contributed by atoms with E-state index >= 15 is 0 Å². The van der Waals surface area contributed by atoms with Crippen LogP contribution in [0.1, 0.15) is 25.0 Å². The number of ether oxygens (including phenoxy) is 2. The van der Waals surface area contributed by atoms with Gasteiger partial charge in [-0.05, 0) is 37.6 Å². The molecule has 2 heterocycles. The lowest BCUT2D eigenvalue weighted by Crippen LogP contribution is -2.25. The van der Waals surface area contributed by atoms with Gasteiger partial charge < -0.3 is 9.47 Å². The van der Waals surface area contributed by atoms with Gasteiger partial charge in [0.2, 0.25) is 5.13 Å². The lowest BCUT2D eigenvalue weighted by molar-refractivity contribution is -0.118. The predicted molar refractivity (Wildman–Crippen MR) is 115 cm³/mol. The van der Waals surface area contributed by atoms with Crippen molar-refractivity contribution in [2.24, 2.45) is 0 Å². The highest BCUT2D eigenvalue weighted by atomic mass is 32.2. The fourth-order valence-corrected chi connectivity index (χ4v) is 4.77. The fourth-order valence-electron chi connectivity index (χ4n) is 3.04. The Labute approximate surface area is 181 Å². The summed E-state index contributed by atoms with van der Waals surface area (Å²) in [5.41, 5.74) is 1.78. The molecule has 156 valence electrons. The maximum atomic E-state index is 13.0. The number of thioether (sulfide) groups is 1. The Balaban J connectivity index is 1.28. The van der Waals surface area contributed by atoms with Crippen LogP contribution in [0.5, 0.6) is 11.5 Å². The molecule has 0 fully saturated rings. The van der Waals surface area contributed by atoms with Crippen LogP contribution in [0.4, 0.5) is 9.52 Å². The summed E-state index contributed by atoms with van der Waals surface area (Å²) in [6, 6.07) is 12.0. The highest BCUT2D eigenvalue weighted by molar-refractivity contribution is 8.00. The minimum Gasteiger partial charge on any atom is -0.483 e. The van der Waals surface area contributed by atoms with Crippen molar-refractivity contribution in [3.63, 3.8) is 0 Å². The molecule has 1 aliphatic heterocycles. The first-order chi connectivity index (χ1) is 14.4. The number of carbonyl (C=O) groups is 1. The van der Waals surface area contributed by atoms with Crippen molar-refractivity contribution in [3.05, 3.63) is 59.4 Å². The minimum atomic E-state index is -0.323.